The van der Waals surface area contributed by atoms with Gasteiger partial charge in [0, 0.05) is 24.2 Å². The highest BCUT2D eigenvalue weighted by Gasteiger charge is 2.26. The molecule has 1 aromatic rings. The molecule has 1 saturated heterocycles. The minimum Gasteiger partial charge on any atom is -0.396 e. The molecule has 1 fully saturated rings. The summed E-state index contributed by atoms with van der Waals surface area (Å²) in [6, 6.07) is 7.86. The van der Waals surface area contributed by atoms with Gasteiger partial charge in [-0.1, -0.05) is 34.1 Å². The van der Waals surface area contributed by atoms with E-state index in [2.05, 4.69) is 15.9 Å². The van der Waals surface area contributed by atoms with Crippen molar-refractivity contribution in [2.24, 2.45) is 0 Å². The van der Waals surface area contributed by atoms with Crippen LogP contribution >= 0.6 is 15.9 Å². The van der Waals surface area contributed by atoms with E-state index in [0.717, 1.165) is 10.0 Å². The van der Waals surface area contributed by atoms with Gasteiger partial charge in [0.05, 0.1) is 6.10 Å². The van der Waals surface area contributed by atoms with Crippen LogP contribution in [0.5, 0.6) is 0 Å². The average molecular weight is 314 g/mol. The maximum atomic E-state index is 11.8. The summed E-state index contributed by atoms with van der Waals surface area (Å²) in [5, 5.41) is 8.91. The fourth-order valence-corrected chi connectivity index (χ4v) is 2.39. The highest BCUT2D eigenvalue weighted by Crippen LogP contribution is 2.20. The van der Waals surface area contributed by atoms with E-state index in [-0.39, 0.29) is 25.2 Å². The largest absolute Gasteiger partial charge is 0.396 e. The van der Waals surface area contributed by atoms with E-state index in [4.69, 9.17) is 9.84 Å². The Morgan fingerprint density at radius 1 is 1.44 bits per heavy atom. The van der Waals surface area contributed by atoms with Crippen molar-refractivity contribution in [2.75, 3.05) is 19.8 Å². The Balaban J connectivity index is 2.03. The first-order chi connectivity index (χ1) is 8.70. The number of rotatable bonds is 4. The molecular formula is C13H16BrNO3. The van der Waals surface area contributed by atoms with Gasteiger partial charge in [-0.05, 0) is 18.1 Å². The van der Waals surface area contributed by atoms with E-state index < -0.39 is 0 Å². The van der Waals surface area contributed by atoms with Gasteiger partial charge in [0.2, 0.25) is 5.91 Å². The number of hydrogen-bond acceptors (Lipinski definition) is 3. The molecule has 5 heteroatoms. The topological polar surface area (TPSA) is 49.8 Å². The number of aliphatic hydroxyl groups excluding tert-OH is 1. The van der Waals surface area contributed by atoms with Crippen LogP contribution < -0.4 is 0 Å². The van der Waals surface area contributed by atoms with Crippen LogP contribution in [0.4, 0.5) is 0 Å². The first kappa shape index (κ1) is 13.5. The molecule has 0 aliphatic carbocycles. The number of carbonyl (C=O) groups excluding carboxylic acids is 1. The van der Waals surface area contributed by atoms with Crippen molar-refractivity contribution in [3.63, 3.8) is 0 Å². The Kier molecular flexibility index (Phi) is 4.74. The molecule has 0 bridgehead atoms. The zero-order valence-corrected chi connectivity index (χ0v) is 11.6. The summed E-state index contributed by atoms with van der Waals surface area (Å²) in [4.78, 5) is 13.6. The summed E-state index contributed by atoms with van der Waals surface area (Å²) < 4.78 is 6.37. The average Bonchev–Trinajstić information content (AvgIpc) is 2.36. The molecule has 1 heterocycles. The van der Waals surface area contributed by atoms with E-state index in [1.165, 1.54) is 0 Å². The second-order valence-electron chi connectivity index (χ2n) is 4.31. The standard InChI is InChI=1S/C13H16BrNO3/c14-12-4-2-1-3-10(12)7-15-8-11(5-6-16)18-9-13(15)17/h1-4,11,16H,5-9H2. The number of amides is 1. The van der Waals surface area contributed by atoms with Crippen molar-refractivity contribution in [1.82, 2.24) is 4.90 Å². The number of carbonyl (C=O) groups is 1. The summed E-state index contributed by atoms with van der Waals surface area (Å²) >= 11 is 3.48. The molecule has 18 heavy (non-hydrogen) atoms. The molecule has 1 unspecified atom stereocenters. The van der Waals surface area contributed by atoms with Crippen LogP contribution in [0.15, 0.2) is 28.7 Å². The van der Waals surface area contributed by atoms with Crippen molar-refractivity contribution >= 4 is 21.8 Å². The molecule has 0 aromatic heterocycles. The number of benzene rings is 1. The van der Waals surface area contributed by atoms with Gasteiger partial charge in [-0.2, -0.15) is 0 Å². The molecule has 98 valence electrons. The summed E-state index contributed by atoms with van der Waals surface area (Å²) in [7, 11) is 0. The predicted molar refractivity (Wildman–Crippen MR) is 71.0 cm³/mol. The maximum Gasteiger partial charge on any atom is 0.248 e. The van der Waals surface area contributed by atoms with Crippen LogP contribution in [0, 0.1) is 0 Å². The van der Waals surface area contributed by atoms with Gasteiger partial charge in [-0.25, -0.2) is 0 Å². The Bertz CT molecular complexity index is 424. The Morgan fingerprint density at radius 3 is 2.94 bits per heavy atom. The number of aliphatic hydroxyl groups is 1. The van der Waals surface area contributed by atoms with E-state index in [9.17, 15) is 4.79 Å². The van der Waals surface area contributed by atoms with E-state index in [0.29, 0.717) is 19.5 Å². The second kappa shape index (κ2) is 6.31. The third kappa shape index (κ3) is 3.31. The quantitative estimate of drug-likeness (QED) is 0.917. The van der Waals surface area contributed by atoms with Crippen molar-refractivity contribution in [3.8, 4) is 0 Å². The van der Waals surface area contributed by atoms with E-state index in [1.54, 1.807) is 4.90 Å². The highest BCUT2D eigenvalue weighted by molar-refractivity contribution is 9.10. The summed E-state index contributed by atoms with van der Waals surface area (Å²) in [6.07, 6.45) is 0.509. The van der Waals surface area contributed by atoms with Crippen LogP contribution in [0.3, 0.4) is 0 Å². The van der Waals surface area contributed by atoms with Crippen LogP contribution in [0.1, 0.15) is 12.0 Å². The third-order valence-corrected chi connectivity index (χ3v) is 3.76. The number of hydrogen-bond donors (Lipinski definition) is 1. The van der Waals surface area contributed by atoms with Gasteiger partial charge in [-0.3, -0.25) is 4.79 Å². The molecule has 1 aliphatic heterocycles. The van der Waals surface area contributed by atoms with Crippen LogP contribution in [0.25, 0.3) is 0 Å². The van der Waals surface area contributed by atoms with Gasteiger partial charge in [0.1, 0.15) is 6.61 Å². The van der Waals surface area contributed by atoms with Gasteiger partial charge in [0.25, 0.3) is 0 Å². The van der Waals surface area contributed by atoms with Crippen LogP contribution in [0.2, 0.25) is 0 Å². The molecule has 1 amide bonds. The van der Waals surface area contributed by atoms with E-state index >= 15 is 0 Å². The smallest absolute Gasteiger partial charge is 0.248 e. The molecule has 1 atom stereocenters. The number of nitrogens with zero attached hydrogens (tertiary/aromatic N) is 1. The molecule has 0 spiro atoms. The molecular weight excluding hydrogens is 298 g/mol. The van der Waals surface area contributed by atoms with Gasteiger partial charge < -0.3 is 14.7 Å². The zero-order valence-electron chi connectivity index (χ0n) is 10.0. The minimum absolute atomic E-state index is 0.0000529. The lowest BCUT2D eigenvalue weighted by Gasteiger charge is -2.32. The van der Waals surface area contributed by atoms with Gasteiger partial charge >= 0.3 is 0 Å². The third-order valence-electron chi connectivity index (χ3n) is 2.99. The van der Waals surface area contributed by atoms with E-state index in [1.807, 2.05) is 24.3 Å². The highest BCUT2D eigenvalue weighted by atomic mass is 79.9. The predicted octanol–water partition coefficient (Wildman–Crippen LogP) is 1.56. The Morgan fingerprint density at radius 2 is 2.22 bits per heavy atom. The lowest BCUT2D eigenvalue weighted by atomic mass is 10.1. The maximum absolute atomic E-state index is 11.8. The summed E-state index contributed by atoms with van der Waals surface area (Å²) in [5.41, 5.74) is 1.08. The molecule has 4 nitrogen and oxygen atoms in total. The van der Waals surface area contributed by atoms with Crippen molar-refractivity contribution < 1.29 is 14.6 Å². The molecule has 1 N–H and O–H groups in total. The number of morpholine rings is 1. The van der Waals surface area contributed by atoms with Crippen molar-refractivity contribution in [1.29, 1.82) is 0 Å². The monoisotopic (exact) mass is 313 g/mol. The Labute approximate surface area is 115 Å². The minimum atomic E-state index is -0.0600. The second-order valence-corrected chi connectivity index (χ2v) is 5.17. The zero-order chi connectivity index (χ0) is 13.0. The van der Waals surface area contributed by atoms with Crippen LogP contribution in [-0.2, 0) is 16.1 Å². The molecule has 0 saturated carbocycles. The molecule has 0 radical (unpaired) electrons. The lowest BCUT2D eigenvalue weighted by molar-refractivity contribution is -0.150. The fourth-order valence-electron chi connectivity index (χ4n) is 1.98. The summed E-state index contributed by atoms with van der Waals surface area (Å²) in [6.45, 7) is 1.31. The SMILES string of the molecule is O=C1COC(CCO)CN1Cc1ccccc1Br. The molecule has 1 aromatic carbocycles. The first-order valence-corrected chi connectivity index (χ1v) is 6.73. The van der Waals surface area contributed by atoms with Crippen LogP contribution in [-0.4, -0.2) is 41.8 Å². The van der Waals surface area contributed by atoms with Gasteiger partial charge in [0.15, 0.2) is 0 Å². The fraction of sp³-hybridized carbons (Fsp3) is 0.462. The lowest BCUT2D eigenvalue weighted by Crippen LogP contribution is -2.46. The molecule has 1 aliphatic rings. The first-order valence-electron chi connectivity index (χ1n) is 5.94. The van der Waals surface area contributed by atoms with Crippen molar-refractivity contribution in [3.05, 3.63) is 34.3 Å². The molecule has 2 rings (SSSR count). The Hall–Kier alpha value is -0.910. The van der Waals surface area contributed by atoms with Gasteiger partial charge in [-0.15, -0.1) is 0 Å². The normalized spacial score (nSPS) is 20.2. The number of ether oxygens (including phenoxy) is 1. The summed E-state index contributed by atoms with van der Waals surface area (Å²) in [5.74, 6) is -0.0000529. The number of halogens is 1. The van der Waals surface area contributed by atoms with Crippen molar-refractivity contribution in [2.45, 2.75) is 19.1 Å².